The fourth-order valence-electron chi connectivity index (χ4n) is 6.71. The minimum Gasteiger partial charge on any atom is -0.344 e. The van der Waals surface area contributed by atoms with Gasteiger partial charge in [-0.05, 0) is 67.9 Å². The number of nitrogens with zero attached hydrogens (tertiary/aromatic N) is 2. The standard InChI is InChI=1S/C32H43ClN4O2.C3H9N.CH4S/c1-23(19-24-7-3-2-4-8-24)36-15-17-37(18-16-36)32(39)30(20-25-11-13-27(33)14-12-25)35-31(38)21-29-28-10-6-5-9-26(28)22-34-29;1-3-4-2;1-2/h5-6,9-14,23-24,29-30,34H,2-4,7-8,15-22H2,1H3,(H,35,38);4H,3H2,1-2H3;2H,1H3. The maximum Gasteiger partial charge on any atom is 0.245 e. The minimum atomic E-state index is -0.596. The van der Waals surface area contributed by atoms with E-state index in [0.717, 1.165) is 37.7 Å². The van der Waals surface area contributed by atoms with Crippen molar-refractivity contribution >= 4 is 36.0 Å². The van der Waals surface area contributed by atoms with Crippen molar-refractivity contribution in [3.8, 4) is 0 Å². The summed E-state index contributed by atoms with van der Waals surface area (Å²) < 4.78 is 0. The number of halogens is 1. The molecule has 2 aliphatic heterocycles. The second kappa shape index (κ2) is 20.2. The van der Waals surface area contributed by atoms with Crippen LogP contribution in [-0.4, -0.2) is 79.7 Å². The molecular weight excluding hydrogens is 602 g/mol. The lowest BCUT2D eigenvalue weighted by Gasteiger charge is -2.40. The van der Waals surface area contributed by atoms with Crippen LogP contribution < -0.4 is 16.0 Å². The number of nitrogens with one attached hydrogen (secondary N) is 3. The van der Waals surface area contributed by atoms with Crippen LogP contribution in [0.1, 0.15) is 81.5 Å². The zero-order valence-corrected chi connectivity index (χ0v) is 29.5. The zero-order valence-electron chi connectivity index (χ0n) is 27.9. The minimum absolute atomic E-state index is 0.0117. The van der Waals surface area contributed by atoms with Crippen molar-refractivity contribution in [2.45, 2.75) is 89.9 Å². The van der Waals surface area contributed by atoms with E-state index in [1.54, 1.807) is 6.26 Å². The molecule has 0 aromatic heterocycles. The molecule has 0 radical (unpaired) electrons. The maximum absolute atomic E-state index is 13.8. The SMILES string of the molecule is CC(CC1CCCCC1)N1CCN(C(=O)C(Cc2ccc(Cl)cc2)NC(=O)CC2NCc3ccccc32)CC1.CCNC.CS. The first kappa shape index (κ1) is 37.4. The van der Waals surface area contributed by atoms with Crippen molar-refractivity contribution in [3.05, 3.63) is 70.2 Å². The number of rotatable bonds is 10. The molecule has 0 spiro atoms. The van der Waals surface area contributed by atoms with Gasteiger partial charge in [-0.2, -0.15) is 12.6 Å². The summed E-state index contributed by atoms with van der Waals surface area (Å²) >= 11 is 9.63. The van der Waals surface area contributed by atoms with Crippen molar-refractivity contribution in [2.24, 2.45) is 5.92 Å². The molecule has 45 heavy (non-hydrogen) atoms. The second-order valence-corrected chi connectivity index (χ2v) is 12.9. The largest absolute Gasteiger partial charge is 0.344 e. The van der Waals surface area contributed by atoms with Gasteiger partial charge in [0.1, 0.15) is 6.04 Å². The Morgan fingerprint density at radius 3 is 2.29 bits per heavy atom. The van der Waals surface area contributed by atoms with Gasteiger partial charge in [-0.1, -0.05) is 87.0 Å². The summed E-state index contributed by atoms with van der Waals surface area (Å²) in [6.07, 6.45) is 10.6. The zero-order chi connectivity index (χ0) is 32.6. The number of carbonyl (C=O) groups excluding carboxylic acids is 2. The normalized spacial score (nSPS) is 19.7. The van der Waals surface area contributed by atoms with Gasteiger partial charge in [0.15, 0.2) is 0 Å². The lowest BCUT2D eigenvalue weighted by Crippen LogP contribution is -2.57. The highest BCUT2D eigenvalue weighted by Gasteiger charge is 2.32. The molecule has 1 aliphatic carbocycles. The summed E-state index contributed by atoms with van der Waals surface area (Å²) in [6.45, 7) is 9.46. The average molecular weight is 658 g/mol. The Labute approximate surface area is 282 Å². The topological polar surface area (TPSA) is 76.7 Å². The molecule has 3 atom stereocenters. The summed E-state index contributed by atoms with van der Waals surface area (Å²) in [4.78, 5) is 31.5. The molecule has 3 unspecified atom stereocenters. The first-order valence-corrected chi connectivity index (χ1v) is 18.1. The molecule has 2 fully saturated rings. The predicted octanol–water partition coefficient (Wildman–Crippen LogP) is 5.88. The molecule has 9 heteroatoms. The maximum atomic E-state index is 13.8. The van der Waals surface area contributed by atoms with E-state index in [9.17, 15) is 9.59 Å². The Kier molecular flexibility index (Phi) is 16.8. The molecule has 1 saturated heterocycles. The van der Waals surface area contributed by atoms with Gasteiger partial charge in [-0.15, -0.1) is 0 Å². The van der Waals surface area contributed by atoms with E-state index in [-0.39, 0.29) is 17.9 Å². The molecule has 3 aliphatic rings. The summed E-state index contributed by atoms with van der Waals surface area (Å²) in [5, 5.41) is 10.1. The Balaban J connectivity index is 0.000000853. The van der Waals surface area contributed by atoms with E-state index in [2.05, 4.69) is 59.5 Å². The van der Waals surface area contributed by atoms with Crippen LogP contribution in [-0.2, 0) is 22.6 Å². The number of hydrogen-bond acceptors (Lipinski definition) is 6. The number of benzene rings is 2. The molecule has 2 aromatic carbocycles. The van der Waals surface area contributed by atoms with E-state index in [1.807, 2.05) is 48.3 Å². The predicted molar refractivity (Wildman–Crippen MR) is 191 cm³/mol. The van der Waals surface area contributed by atoms with E-state index < -0.39 is 6.04 Å². The summed E-state index contributed by atoms with van der Waals surface area (Å²) in [6, 6.07) is 15.7. The van der Waals surface area contributed by atoms with Crippen molar-refractivity contribution in [1.82, 2.24) is 25.8 Å². The van der Waals surface area contributed by atoms with Crippen LogP contribution >= 0.6 is 24.2 Å². The van der Waals surface area contributed by atoms with Gasteiger partial charge < -0.3 is 20.9 Å². The smallest absolute Gasteiger partial charge is 0.245 e. The third-order valence-electron chi connectivity index (χ3n) is 9.35. The van der Waals surface area contributed by atoms with Gasteiger partial charge >= 0.3 is 0 Å². The molecule has 1 saturated carbocycles. The van der Waals surface area contributed by atoms with Crippen LogP contribution in [0.3, 0.4) is 0 Å². The quantitative estimate of drug-likeness (QED) is 0.240. The van der Waals surface area contributed by atoms with Crippen LogP contribution in [0.5, 0.6) is 0 Å². The third-order valence-corrected chi connectivity index (χ3v) is 9.60. The van der Waals surface area contributed by atoms with E-state index in [4.69, 9.17) is 11.6 Å². The van der Waals surface area contributed by atoms with Gasteiger partial charge in [0.2, 0.25) is 11.8 Å². The Bertz CT molecular complexity index is 1150. The number of amides is 2. The third kappa shape index (κ3) is 11.9. The van der Waals surface area contributed by atoms with Crippen molar-refractivity contribution in [2.75, 3.05) is 46.0 Å². The Hall–Kier alpha value is -2.10. The molecule has 7 nitrogen and oxygen atoms in total. The van der Waals surface area contributed by atoms with Crippen LogP contribution in [0, 0.1) is 5.92 Å². The Morgan fingerprint density at radius 2 is 1.64 bits per heavy atom. The Morgan fingerprint density at radius 1 is 1.00 bits per heavy atom. The van der Waals surface area contributed by atoms with Gasteiger partial charge in [-0.25, -0.2) is 0 Å². The summed E-state index contributed by atoms with van der Waals surface area (Å²) in [5.41, 5.74) is 3.40. The first-order valence-electron chi connectivity index (χ1n) is 16.8. The van der Waals surface area contributed by atoms with Gasteiger partial charge in [0, 0.05) is 62.7 Å². The molecular formula is C36H56ClN5O2S. The van der Waals surface area contributed by atoms with E-state index >= 15 is 0 Å². The van der Waals surface area contributed by atoms with E-state index in [1.165, 1.54) is 49.7 Å². The molecule has 250 valence electrons. The first-order chi connectivity index (χ1) is 21.9. The molecule has 2 aromatic rings. The van der Waals surface area contributed by atoms with Crippen molar-refractivity contribution in [3.63, 3.8) is 0 Å². The molecule has 5 rings (SSSR count). The fraction of sp³-hybridized carbons (Fsp3) is 0.611. The van der Waals surface area contributed by atoms with Crippen molar-refractivity contribution in [1.29, 1.82) is 0 Å². The van der Waals surface area contributed by atoms with Crippen LogP contribution in [0.4, 0.5) is 0 Å². The monoisotopic (exact) mass is 657 g/mol. The second-order valence-electron chi connectivity index (χ2n) is 12.4. The van der Waals surface area contributed by atoms with Crippen LogP contribution in [0.2, 0.25) is 5.02 Å². The summed E-state index contributed by atoms with van der Waals surface area (Å²) in [7, 11) is 1.93. The van der Waals surface area contributed by atoms with Crippen LogP contribution in [0.25, 0.3) is 0 Å². The molecule has 2 amide bonds. The highest BCUT2D eigenvalue weighted by Crippen LogP contribution is 2.29. The number of piperazine rings is 1. The van der Waals surface area contributed by atoms with E-state index in [0.29, 0.717) is 37.0 Å². The highest BCUT2D eigenvalue weighted by atomic mass is 35.5. The number of carbonyl (C=O) groups is 2. The number of hydrogen-bond donors (Lipinski definition) is 4. The summed E-state index contributed by atoms with van der Waals surface area (Å²) in [5.74, 6) is 0.766. The van der Waals surface area contributed by atoms with Crippen molar-refractivity contribution < 1.29 is 9.59 Å². The van der Waals surface area contributed by atoms with Crippen LogP contribution in [0.15, 0.2) is 48.5 Å². The van der Waals surface area contributed by atoms with Gasteiger partial charge in [0.25, 0.3) is 0 Å². The molecule has 0 bridgehead atoms. The number of fused-ring (bicyclic) bond motifs is 1. The fourth-order valence-corrected chi connectivity index (χ4v) is 6.84. The lowest BCUT2D eigenvalue weighted by atomic mass is 9.85. The lowest BCUT2D eigenvalue weighted by molar-refractivity contribution is -0.138. The van der Waals surface area contributed by atoms with Gasteiger partial charge in [0.05, 0.1) is 0 Å². The molecule has 3 N–H and O–H groups in total. The molecule has 2 heterocycles. The highest BCUT2D eigenvalue weighted by molar-refractivity contribution is 7.79. The van der Waals surface area contributed by atoms with Gasteiger partial charge in [-0.3, -0.25) is 14.5 Å². The number of thiol groups is 1. The average Bonchev–Trinajstić information content (AvgIpc) is 3.49.